The van der Waals surface area contributed by atoms with Crippen molar-refractivity contribution >= 4 is 35.2 Å². The number of unbranched alkanes of at least 4 members (excludes halogenated alkanes) is 8. The van der Waals surface area contributed by atoms with Gasteiger partial charge in [-0.05, 0) is 80.1 Å². The Morgan fingerprint density at radius 3 is 1.95 bits per heavy atom. The maximum Gasteiger partial charge on any atom is 0.416 e. The highest BCUT2D eigenvalue weighted by Crippen LogP contribution is 2.54. The van der Waals surface area contributed by atoms with Gasteiger partial charge in [0, 0.05) is 70.5 Å². The summed E-state index contributed by atoms with van der Waals surface area (Å²) in [6, 6.07) is 25.6. The number of amidine groups is 1. The predicted octanol–water partition coefficient (Wildman–Crippen LogP) is 11.3. The van der Waals surface area contributed by atoms with E-state index < -0.39 is 17.3 Å². The minimum absolute atomic E-state index is 0.0000976. The van der Waals surface area contributed by atoms with Gasteiger partial charge in [0.2, 0.25) is 11.7 Å². The molecule has 0 atom stereocenters. The number of phenolic OH excluding ortho intramolecular Hbond substituents is 2. The number of methoxy groups -OCH3 is 1. The van der Waals surface area contributed by atoms with Gasteiger partial charge in [-0.3, -0.25) is 14.4 Å². The number of phenols is 2. The quantitative estimate of drug-likeness (QED) is 0.00782. The van der Waals surface area contributed by atoms with Crippen LogP contribution in [0.5, 0.6) is 23.0 Å². The van der Waals surface area contributed by atoms with Gasteiger partial charge in [0.25, 0.3) is 0 Å². The molecule has 348 valence electrons. The van der Waals surface area contributed by atoms with Crippen molar-refractivity contribution in [1.29, 1.82) is 0 Å². The van der Waals surface area contributed by atoms with E-state index in [1.54, 1.807) is 48.5 Å². The molecule has 0 aromatic heterocycles. The maximum absolute atomic E-state index is 12.8. The SMILES string of the molecule is CCCCCCCCCCCNC(=O)CN=N/C(=N\N)c1ccccc1Nc1ccc(C(F)(F)F)cc1.COC1(c2ccc(C(C)=O)cc2C=O)c2ccc(O)cc2Oc2cc(O)ccc21. The number of hydrogen-bond acceptors (Lipinski definition) is 11. The molecule has 0 spiro atoms. The number of hydrazone groups is 1. The van der Waals surface area contributed by atoms with Crippen LogP contribution >= 0.6 is 0 Å². The van der Waals surface area contributed by atoms with Crippen LogP contribution in [0.4, 0.5) is 24.5 Å². The molecule has 1 heterocycles. The second kappa shape index (κ2) is 23.7. The van der Waals surface area contributed by atoms with E-state index in [2.05, 4.69) is 32.9 Å². The number of aldehydes is 1. The summed E-state index contributed by atoms with van der Waals surface area (Å²) in [6.45, 7) is 4.08. The lowest BCUT2D eigenvalue weighted by Crippen LogP contribution is -2.35. The first-order valence-electron chi connectivity index (χ1n) is 21.7. The summed E-state index contributed by atoms with van der Waals surface area (Å²) in [5.74, 6) is 5.85. The first-order valence-corrected chi connectivity index (χ1v) is 21.7. The summed E-state index contributed by atoms with van der Waals surface area (Å²) in [4.78, 5) is 35.8. The van der Waals surface area contributed by atoms with E-state index in [1.165, 1.54) is 101 Å². The summed E-state index contributed by atoms with van der Waals surface area (Å²) in [7, 11) is 1.51. The van der Waals surface area contributed by atoms with Gasteiger partial charge in [0.1, 0.15) is 35.8 Å². The lowest BCUT2D eigenvalue weighted by atomic mass is 9.75. The zero-order valence-electron chi connectivity index (χ0n) is 37.2. The van der Waals surface area contributed by atoms with Gasteiger partial charge < -0.3 is 36.2 Å². The molecule has 0 saturated carbocycles. The number of carbonyl (C=O) groups is 3. The van der Waals surface area contributed by atoms with Gasteiger partial charge in [-0.1, -0.05) is 82.6 Å². The number of carbonyl (C=O) groups excluding carboxylic acids is 3. The van der Waals surface area contributed by atoms with Crippen molar-refractivity contribution in [2.75, 3.05) is 25.5 Å². The van der Waals surface area contributed by atoms with Gasteiger partial charge in [0.15, 0.2) is 11.4 Å². The normalized spacial score (nSPS) is 12.8. The maximum atomic E-state index is 12.8. The number of amides is 1. The molecule has 13 nitrogen and oxygen atoms in total. The highest BCUT2D eigenvalue weighted by Gasteiger charge is 2.46. The summed E-state index contributed by atoms with van der Waals surface area (Å²) in [5.41, 5.74) is 1.85. The van der Waals surface area contributed by atoms with Crippen molar-refractivity contribution < 1.29 is 47.2 Å². The molecule has 0 unspecified atom stereocenters. The highest BCUT2D eigenvalue weighted by atomic mass is 19.4. The van der Waals surface area contributed by atoms with Crippen LogP contribution in [0.1, 0.15) is 120 Å². The molecule has 0 bridgehead atoms. The third kappa shape index (κ3) is 12.8. The molecule has 0 radical (unpaired) electrons. The van der Waals surface area contributed by atoms with E-state index in [-0.39, 0.29) is 35.6 Å². The second-order valence-electron chi connectivity index (χ2n) is 15.6. The Hall–Kier alpha value is -7.07. The third-order valence-corrected chi connectivity index (χ3v) is 10.9. The molecule has 6 rings (SSSR count). The average Bonchev–Trinajstić information content (AvgIpc) is 3.30. The fourth-order valence-corrected chi connectivity index (χ4v) is 7.58. The van der Waals surface area contributed by atoms with Crippen LogP contribution in [0, 0.1) is 0 Å². The number of ketones is 1. The number of azo groups is 1. The number of nitrogens with zero attached hydrogens (tertiary/aromatic N) is 3. The number of anilines is 2. The fraction of sp³-hybridized carbons (Fsp3) is 0.320. The number of hydrogen-bond donors (Lipinski definition) is 5. The number of aromatic hydroxyl groups is 2. The van der Waals surface area contributed by atoms with Gasteiger partial charge >= 0.3 is 6.18 Å². The number of nitrogens with two attached hydrogens (primary N) is 1. The number of Topliss-reactive ketones (excluding diaryl/α,β-unsaturated/α-hetero) is 1. The average molecular weight is 909 g/mol. The minimum atomic E-state index is -4.41. The molecule has 5 aromatic rings. The zero-order valence-corrected chi connectivity index (χ0v) is 37.2. The second-order valence-corrected chi connectivity index (χ2v) is 15.6. The summed E-state index contributed by atoms with van der Waals surface area (Å²) in [6.07, 6.45) is 7.18. The van der Waals surface area contributed by atoms with E-state index in [0.29, 0.717) is 69.1 Å². The smallest absolute Gasteiger partial charge is 0.416 e. The Labute approximate surface area is 382 Å². The van der Waals surface area contributed by atoms with E-state index >= 15 is 0 Å². The molecule has 0 aliphatic carbocycles. The number of nitrogens with one attached hydrogen (secondary N) is 2. The molecule has 5 aromatic carbocycles. The monoisotopic (exact) mass is 908 g/mol. The minimum Gasteiger partial charge on any atom is -0.508 e. The van der Waals surface area contributed by atoms with Gasteiger partial charge in [-0.25, -0.2) is 0 Å². The first kappa shape index (κ1) is 49.9. The topological polar surface area (TPSA) is 197 Å². The Morgan fingerprint density at radius 2 is 1.39 bits per heavy atom. The van der Waals surface area contributed by atoms with E-state index in [9.17, 15) is 37.8 Å². The molecule has 1 aliphatic rings. The number of halogens is 3. The van der Waals surface area contributed by atoms with Gasteiger partial charge in [-0.2, -0.15) is 23.4 Å². The van der Waals surface area contributed by atoms with Crippen molar-refractivity contribution in [3.63, 3.8) is 0 Å². The van der Waals surface area contributed by atoms with Gasteiger partial charge in [0.05, 0.1) is 5.56 Å². The van der Waals surface area contributed by atoms with Crippen molar-refractivity contribution in [3.8, 4) is 23.0 Å². The Kier molecular flexibility index (Phi) is 18.0. The Morgan fingerprint density at radius 1 is 0.803 bits per heavy atom. The largest absolute Gasteiger partial charge is 0.508 e. The van der Waals surface area contributed by atoms with Crippen LogP contribution in [-0.4, -0.2) is 54.2 Å². The van der Waals surface area contributed by atoms with Crippen LogP contribution in [0.25, 0.3) is 0 Å². The van der Waals surface area contributed by atoms with Crippen molar-refractivity contribution in [1.82, 2.24) is 5.32 Å². The predicted molar refractivity (Wildman–Crippen MR) is 247 cm³/mol. The lowest BCUT2D eigenvalue weighted by Gasteiger charge is -2.40. The number of benzene rings is 5. The first-order chi connectivity index (χ1) is 31.7. The summed E-state index contributed by atoms with van der Waals surface area (Å²) >= 11 is 0. The molecular weight excluding hydrogens is 854 g/mol. The van der Waals surface area contributed by atoms with E-state index in [1.807, 2.05) is 0 Å². The molecule has 0 saturated heterocycles. The number of para-hydroxylation sites is 1. The third-order valence-electron chi connectivity index (χ3n) is 10.9. The summed E-state index contributed by atoms with van der Waals surface area (Å²) < 4.78 is 50.4. The molecule has 6 N–H and O–H groups in total. The molecule has 16 heteroatoms. The Bertz CT molecular complexity index is 2460. The van der Waals surface area contributed by atoms with Crippen LogP contribution in [0.2, 0.25) is 0 Å². The standard InChI is InChI=1S/C27H37F3N6O.C23H18O6/c1-2-3-4-5-6-7-8-9-12-19-32-25(37)20-33-36-26(35-31)23-13-10-11-14-24(23)34-22-17-15-21(16-18-22)27(28,29)30;1-13(25)14-3-6-18(15(9-14)12-24)23(28-2)19-7-4-16(26)10-21(19)29-22-11-17(27)5-8-20(22)23/h10-11,13-18,34H,2-9,12,19-20,31H2,1H3,(H,32,37);3-12,26-27H,1-2H3/b35-26-,36-33?;. The van der Waals surface area contributed by atoms with Crippen molar-refractivity contribution in [2.45, 2.75) is 83.4 Å². The highest BCUT2D eigenvalue weighted by molar-refractivity contribution is 6.04. The zero-order chi connectivity index (χ0) is 47.7. The molecule has 1 amide bonds. The van der Waals surface area contributed by atoms with E-state index in [0.717, 1.165) is 25.0 Å². The lowest BCUT2D eigenvalue weighted by molar-refractivity contribution is -0.137. The van der Waals surface area contributed by atoms with Crippen LogP contribution in [0.15, 0.2) is 118 Å². The molecule has 66 heavy (non-hydrogen) atoms. The fourth-order valence-electron chi connectivity index (χ4n) is 7.58. The van der Waals surface area contributed by atoms with Crippen LogP contribution < -0.4 is 21.2 Å². The molecule has 1 aliphatic heterocycles. The summed E-state index contributed by atoms with van der Waals surface area (Å²) in [5, 5.41) is 37.3. The Balaban J connectivity index is 0.000000254. The number of ether oxygens (including phenoxy) is 2. The van der Waals surface area contributed by atoms with Gasteiger partial charge in [-0.15, -0.1) is 5.11 Å². The number of rotatable bonds is 19. The van der Waals surface area contributed by atoms with Crippen molar-refractivity contribution in [2.24, 2.45) is 21.2 Å². The van der Waals surface area contributed by atoms with Crippen molar-refractivity contribution in [3.05, 3.63) is 142 Å². The van der Waals surface area contributed by atoms with Crippen LogP contribution in [0.3, 0.4) is 0 Å². The number of alkyl halides is 3. The molecular formula is C50H55F3N6O7. The number of fused-ring (bicyclic) bond motifs is 2. The van der Waals surface area contributed by atoms with Crippen LogP contribution in [-0.2, 0) is 21.3 Å². The van der Waals surface area contributed by atoms with E-state index in [4.69, 9.17) is 15.3 Å². The molecule has 0 fully saturated rings.